The molecule has 1 aromatic carbocycles. The molecule has 1 heteroatoms. The van der Waals surface area contributed by atoms with Gasteiger partial charge < -0.3 is 5.11 Å². The zero-order chi connectivity index (χ0) is 12.0. The number of hydrogen-bond donors (Lipinski definition) is 1. The molecule has 1 nitrogen and oxygen atoms in total. The predicted molar refractivity (Wildman–Crippen MR) is 70.0 cm³/mol. The summed E-state index contributed by atoms with van der Waals surface area (Å²) in [7, 11) is 0. The van der Waals surface area contributed by atoms with Gasteiger partial charge in [-0.15, -0.1) is 6.58 Å². The van der Waals surface area contributed by atoms with Gasteiger partial charge in [0.25, 0.3) is 0 Å². The molecule has 0 spiro atoms. The summed E-state index contributed by atoms with van der Waals surface area (Å²) >= 11 is 0. The fourth-order valence-electron chi connectivity index (χ4n) is 1.71. The highest BCUT2D eigenvalue weighted by molar-refractivity contribution is 5.49. The molecular formula is C15H20O. The van der Waals surface area contributed by atoms with E-state index in [9.17, 15) is 5.11 Å². The third-order valence-electron chi connectivity index (χ3n) is 2.72. The Balaban J connectivity index is 2.66. The molecule has 0 heterocycles. The Labute approximate surface area is 98.1 Å². The van der Waals surface area contributed by atoms with Gasteiger partial charge in [-0.2, -0.15) is 0 Å². The molecule has 1 rings (SSSR count). The summed E-state index contributed by atoms with van der Waals surface area (Å²) in [6.45, 7) is 7.94. The van der Waals surface area contributed by atoms with Crippen molar-refractivity contribution in [3.05, 3.63) is 54.6 Å². The predicted octanol–water partition coefficient (Wildman–Crippen LogP) is 3.52. The van der Waals surface area contributed by atoms with Crippen LogP contribution in [0.25, 0.3) is 6.08 Å². The van der Waals surface area contributed by atoms with E-state index in [1.54, 1.807) is 0 Å². The van der Waals surface area contributed by atoms with E-state index in [1.165, 1.54) is 0 Å². The van der Waals surface area contributed by atoms with Gasteiger partial charge >= 0.3 is 0 Å². The van der Waals surface area contributed by atoms with Crippen molar-refractivity contribution >= 4 is 6.08 Å². The third-order valence-corrected chi connectivity index (χ3v) is 2.72. The summed E-state index contributed by atoms with van der Waals surface area (Å²) in [5.41, 5.74) is 1.10. The first-order valence-electron chi connectivity index (χ1n) is 5.69. The summed E-state index contributed by atoms with van der Waals surface area (Å²) in [5, 5.41) is 9.98. The van der Waals surface area contributed by atoms with E-state index in [0.29, 0.717) is 5.92 Å². The lowest BCUT2D eigenvalue weighted by Crippen LogP contribution is -2.20. The van der Waals surface area contributed by atoms with Gasteiger partial charge in [0.05, 0.1) is 6.10 Å². The van der Waals surface area contributed by atoms with Crippen LogP contribution in [0.15, 0.2) is 49.1 Å². The van der Waals surface area contributed by atoms with Crippen LogP contribution in [-0.2, 0) is 0 Å². The van der Waals surface area contributed by atoms with Crippen LogP contribution in [0, 0.1) is 11.8 Å². The van der Waals surface area contributed by atoms with Crippen molar-refractivity contribution in [2.45, 2.75) is 20.0 Å². The number of hydrogen-bond acceptors (Lipinski definition) is 1. The topological polar surface area (TPSA) is 20.2 Å². The largest absolute Gasteiger partial charge is 0.388 e. The molecule has 2 unspecified atom stereocenters. The van der Waals surface area contributed by atoms with Crippen LogP contribution in [0.2, 0.25) is 0 Å². The third kappa shape index (κ3) is 3.67. The second kappa shape index (κ2) is 6.29. The first kappa shape index (κ1) is 12.7. The van der Waals surface area contributed by atoms with Crippen LogP contribution < -0.4 is 0 Å². The Morgan fingerprint density at radius 1 is 1.19 bits per heavy atom. The van der Waals surface area contributed by atoms with E-state index in [0.717, 1.165) is 5.56 Å². The highest BCUT2D eigenvalue weighted by Gasteiger charge is 2.16. The molecule has 0 aliphatic rings. The molecule has 1 N–H and O–H groups in total. The lowest BCUT2D eigenvalue weighted by molar-refractivity contribution is 0.152. The van der Waals surface area contributed by atoms with Gasteiger partial charge in [-0.05, 0) is 11.5 Å². The van der Waals surface area contributed by atoms with Gasteiger partial charge in [-0.25, -0.2) is 0 Å². The molecular weight excluding hydrogens is 196 g/mol. The average Bonchev–Trinajstić information content (AvgIpc) is 2.28. The summed E-state index contributed by atoms with van der Waals surface area (Å²) in [5.74, 6) is 0.507. The first-order chi connectivity index (χ1) is 7.65. The van der Waals surface area contributed by atoms with Gasteiger partial charge in [0.1, 0.15) is 0 Å². The van der Waals surface area contributed by atoms with Crippen molar-refractivity contribution in [1.82, 2.24) is 0 Å². The minimum absolute atomic E-state index is 0.111. The van der Waals surface area contributed by atoms with Crippen molar-refractivity contribution in [2.75, 3.05) is 0 Å². The summed E-state index contributed by atoms with van der Waals surface area (Å²) in [4.78, 5) is 0. The zero-order valence-corrected chi connectivity index (χ0v) is 10.0. The molecule has 0 saturated carbocycles. The molecule has 0 aliphatic heterocycles. The molecule has 1 aromatic rings. The molecule has 16 heavy (non-hydrogen) atoms. The molecule has 0 bridgehead atoms. The van der Waals surface area contributed by atoms with Crippen molar-refractivity contribution in [2.24, 2.45) is 11.8 Å². The summed E-state index contributed by atoms with van der Waals surface area (Å²) in [6, 6.07) is 9.98. The van der Waals surface area contributed by atoms with Crippen molar-refractivity contribution in [3.8, 4) is 0 Å². The highest BCUT2D eigenvalue weighted by atomic mass is 16.3. The Bertz CT molecular complexity index is 338. The number of aliphatic hydroxyl groups is 1. The number of rotatable bonds is 5. The number of aliphatic hydroxyl groups excluding tert-OH is 1. The lowest BCUT2D eigenvalue weighted by Gasteiger charge is -2.20. The Hall–Kier alpha value is -1.34. The fraction of sp³-hybridized carbons (Fsp3) is 0.333. The first-order valence-corrected chi connectivity index (χ1v) is 5.69. The summed E-state index contributed by atoms with van der Waals surface area (Å²) < 4.78 is 0. The van der Waals surface area contributed by atoms with E-state index >= 15 is 0 Å². The van der Waals surface area contributed by atoms with E-state index < -0.39 is 6.10 Å². The SMILES string of the molecule is C=CC(C(C)C)C(O)/C=C/c1ccccc1. The maximum absolute atomic E-state index is 9.98. The zero-order valence-electron chi connectivity index (χ0n) is 10.0. The molecule has 0 amide bonds. The average molecular weight is 216 g/mol. The molecule has 0 aromatic heterocycles. The van der Waals surface area contributed by atoms with E-state index in [2.05, 4.69) is 20.4 Å². The van der Waals surface area contributed by atoms with Crippen LogP contribution >= 0.6 is 0 Å². The highest BCUT2D eigenvalue weighted by Crippen LogP contribution is 2.18. The number of benzene rings is 1. The molecule has 0 saturated heterocycles. The van der Waals surface area contributed by atoms with Gasteiger partial charge in [0, 0.05) is 5.92 Å². The van der Waals surface area contributed by atoms with Gasteiger partial charge in [-0.3, -0.25) is 0 Å². The van der Waals surface area contributed by atoms with E-state index in [4.69, 9.17) is 0 Å². The molecule has 0 fully saturated rings. The van der Waals surface area contributed by atoms with Crippen molar-refractivity contribution < 1.29 is 5.11 Å². The Morgan fingerprint density at radius 2 is 1.81 bits per heavy atom. The standard InChI is InChI=1S/C15H20O/c1-4-14(12(2)3)15(16)11-10-13-8-6-5-7-9-13/h4-12,14-16H,1H2,2-3H3/b11-10+. The van der Waals surface area contributed by atoms with Crippen LogP contribution in [0.4, 0.5) is 0 Å². The molecule has 0 aliphatic carbocycles. The molecule has 2 atom stereocenters. The van der Waals surface area contributed by atoms with Crippen LogP contribution in [0.3, 0.4) is 0 Å². The fourth-order valence-corrected chi connectivity index (χ4v) is 1.71. The van der Waals surface area contributed by atoms with Gasteiger partial charge in [0.2, 0.25) is 0 Å². The van der Waals surface area contributed by atoms with Crippen LogP contribution in [0.1, 0.15) is 19.4 Å². The quantitative estimate of drug-likeness (QED) is 0.747. The van der Waals surface area contributed by atoms with Crippen molar-refractivity contribution in [3.63, 3.8) is 0 Å². The minimum atomic E-state index is -0.460. The van der Waals surface area contributed by atoms with Crippen molar-refractivity contribution in [1.29, 1.82) is 0 Å². The Kier molecular flexibility index (Phi) is 5.00. The maximum Gasteiger partial charge on any atom is 0.0789 e. The smallest absolute Gasteiger partial charge is 0.0789 e. The summed E-state index contributed by atoms with van der Waals surface area (Å²) in [6.07, 6.45) is 5.15. The minimum Gasteiger partial charge on any atom is -0.388 e. The lowest BCUT2D eigenvalue weighted by atomic mass is 9.90. The van der Waals surface area contributed by atoms with E-state index in [-0.39, 0.29) is 5.92 Å². The maximum atomic E-state index is 9.98. The molecule has 86 valence electrons. The van der Waals surface area contributed by atoms with Gasteiger partial charge in [-0.1, -0.05) is 62.4 Å². The van der Waals surface area contributed by atoms with E-state index in [1.807, 2.05) is 48.6 Å². The van der Waals surface area contributed by atoms with Crippen LogP contribution in [-0.4, -0.2) is 11.2 Å². The second-order valence-electron chi connectivity index (χ2n) is 4.32. The van der Waals surface area contributed by atoms with Gasteiger partial charge in [0.15, 0.2) is 0 Å². The molecule has 0 radical (unpaired) electrons. The monoisotopic (exact) mass is 216 g/mol. The van der Waals surface area contributed by atoms with Crippen LogP contribution in [0.5, 0.6) is 0 Å². The normalized spacial score (nSPS) is 15.2. The second-order valence-corrected chi connectivity index (χ2v) is 4.32. The Morgan fingerprint density at radius 3 is 2.31 bits per heavy atom.